The van der Waals surface area contributed by atoms with Crippen molar-refractivity contribution in [1.82, 2.24) is 10.6 Å². The Bertz CT molecular complexity index is 332. The van der Waals surface area contributed by atoms with Crippen LogP contribution in [0.3, 0.4) is 0 Å². The van der Waals surface area contributed by atoms with Crippen LogP contribution in [-0.4, -0.2) is 11.6 Å². The van der Waals surface area contributed by atoms with E-state index in [1.165, 1.54) is 64.2 Å². The molecule has 2 nitrogen and oxygen atoms in total. The van der Waals surface area contributed by atoms with Gasteiger partial charge in [-0.2, -0.15) is 0 Å². The van der Waals surface area contributed by atoms with E-state index in [1.807, 2.05) is 13.8 Å². The summed E-state index contributed by atoms with van der Waals surface area (Å²) in [4.78, 5) is 0. The molecule has 21 heavy (non-hydrogen) atoms. The van der Waals surface area contributed by atoms with Gasteiger partial charge in [0.05, 0.1) is 5.82 Å². The lowest BCUT2D eigenvalue weighted by Gasteiger charge is -2.57. The van der Waals surface area contributed by atoms with E-state index in [1.54, 1.807) is 0 Å². The molecule has 120 valence electrons. The van der Waals surface area contributed by atoms with Crippen LogP contribution >= 0.6 is 0 Å². The predicted octanol–water partition coefficient (Wildman–Crippen LogP) is 4.57. The van der Waals surface area contributed by atoms with Gasteiger partial charge < -0.3 is 10.6 Å². The maximum atomic E-state index is 4.27. The molecule has 2 heteroatoms. The normalized spacial score (nSPS) is 40.6. The van der Waals surface area contributed by atoms with Gasteiger partial charge in [-0.15, -0.1) is 0 Å². The summed E-state index contributed by atoms with van der Waals surface area (Å²) in [7, 11) is 0. The van der Waals surface area contributed by atoms with Crippen molar-refractivity contribution < 1.29 is 0 Å². The largest absolute Gasteiger partial charge is 0.370 e. The van der Waals surface area contributed by atoms with Crippen molar-refractivity contribution in [2.24, 2.45) is 17.8 Å². The van der Waals surface area contributed by atoms with Crippen LogP contribution in [0.15, 0.2) is 12.4 Å². The minimum atomic E-state index is 0.414. The smallest absolute Gasteiger partial charge is 0.0918 e. The van der Waals surface area contributed by atoms with Crippen LogP contribution in [0.2, 0.25) is 0 Å². The summed E-state index contributed by atoms with van der Waals surface area (Å²) in [5.41, 5.74) is 0.414. The molecule has 0 aromatic heterocycles. The van der Waals surface area contributed by atoms with Crippen LogP contribution in [0.25, 0.3) is 0 Å². The lowest BCUT2D eigenvalue weighted by atomic mass is 9.53. The minimum absolute atomic E-state index is 0.414. The Morgan fingerprint density at radius 1 is 0.905 bits per heavy atom. The highest BCUT2D eigenvalue weighted by Gasteiger charge is 2.51. The first-order chi connectivity index (χ1) is 10.2. The van der Waals surface area contributed by atoms with E-state index in [0.717, 1.165) is 23.6 Å². The Balaban J connectivity index is 0.000000636. The number of rotatable bonds is 4. The van der Waals surface area contributed by atoms with Gasteiger partial charge in [0.2, 0.25) is 0 Å². The molecule has 0 heterocycles. The average molecular weight is 290 g/mol. The van der Waals surface area contributed by atoms with Crippen molar-refractivity contribution in [3.05, 3.63) is 12.4 Å². The van der Waals surface area contributed by atoms with E-state index in [2.05, 4.69) is 17.2 Å². The molecule has 0 atom stereocenters. The van der Waals surface area contributed by atoms with Gasteiger partial charge >= 0.3 is 0 Å². The molecule has 0 spiro atoms. The van der Waals surface area contributed by atoms with Gasteiger partial charge in [-0.05, 0) is 69.1 Å². The summed E-state index contributed by atoms with van der Waals surface area (Å²) in [5.74, 6) is 4.16. The maximum Gasteiger partial charge on any atom is 0.0918 e. The van der Waals surface area contributed by atoms with Crippen molar-refractivity contribution in [3.63, 3.8) is 0 Å². The van der Waals surface area contributed by atoms with Crippen molar-refractivity contribution in [3.8, 4) is 0 Å². The van der Waals surface area contributed by atoms with Crippen molar-refractivity contribution in [2.75, 3.05) is 0 Å². The molecule has 0 radical (unpaired) electrons. The zero-order valence-corrected chi connectivity index (χ0v) is 14.1. The second kappa shape index (κ2) is 6.22. The number of nitrogens with one attached hydrogen (secondary N) is 2. The molecule has 5 aliphatic carbocycles. The van der Waals surface area contributed by atoms with Crippen LogP contribution in [0.4, 0.5) is 0 Å². The topological polar surface area (TPSA) is 24.1 Å². The van der Waals surface area contributed by atoms with Gasteiger partial charge in [-0.25, -0.2) is 0 Å². The maximum absolute atomic E-state index is 4.27. The van der Waals surface area contributed by atoms with Gasteiger partial charge in [0, 0.05) is 11.6 Å². The molecule has 0 amide bonds. The number of hydrogen-bond donors (Lipinski definition) is 2. The molecule has 2 N–H and O–H groups in total. The zero-order chi connectivity index (χ0) is 14.9. The molecule has 5 saturated carbocycles. The molecular weight excluding hydrogens is 256 g/mol. The first-order valence-electron chi connectivity index (χ1n) is 9.44. The summed E-state index contributed by atoms with van der Waals surface area (Å²) < 4.78 is 0. The van der Waals surface area contributed by atoms with Gasteiger partial charge in [0.1, 0.15) is 0 Å². The SMILES string of the molecule is C=C(NC1CCCC1)NC12CC3CC(CC(C3)C1)C2.CC. The van der Waals surface area contributed by atoms with Crippen LogP contribution in [-0.2, 0) is 0 Å². The van der Waals surface area contributed by atoms with Crippen LogP contribution in [0.1, 0.15) is 78.1 Å². The Labute approximate surface area is 131 Å². The first kappa shape index (κ1) is 15.2. The van der Waals surface area contributed by atoms with Gasteiger partial charge in [0.25, 0.3) is 0 Å². The molecule has 0 unspecified atom stereocenters. The third-order valence-corrected chi connectivity index (χ3v) is 6.19. The molecular formula is C19H34N2. The van der Waals surface area contributed by atoms with Gasteiger partial charge in [0.15, 0.2) is 0 Å². The molecule has 4 bridgehead atoms. The lowest BCUT2D eigenvalue weighted by Crippen LogP contribution is -2.59. The highest BCUT2D eigenvalue weighted by atomic mass is 15.2. The van der Waals surface area contributed by atoms with Gasteiger partial charge in [-0.1, -0.05) is 33.3 Å². The highest BCUT2D eigenvalue weighted by molar-refractivity contribution is 5.11. The van der Waals surface area contributed by atoms with Crippen molar-refractivity contribution in [2.45, 2.75) is 89.6 Å². The van der Waals surface area contributed by atoms with E-state index in [0.29, 0.717) is 11.6 Å². The van der Waals surface area contributed by atoms with E-state index in [4.69, 9.17) is 0 Å². The Morgan fingerprint density at radius 2 is 1.38 bits per heavy atom. The van der Waals surface area contributed by atoms with E-state index < -0.39 is 0 Å². The highest BCUT2D eigenvalue weighted by Crippen LogP contribution is 2.55. The Hall–Kier alpha value is -0.660. The fourth-order valence-corrected chi connectivity index (χ4v) is 5.94. The van der Waals surface area contributed by atoms with E-state index in [-0.39, 0.29) is 0 Å². The quantitative estimate of drug-likeness (QED) is 0.792. The Morgan fingerprint density at radius 3 is 1.86 bits per heavy atom. The summed E-state index contributed by atoms with van der Waals surface area (Å²) >= 11 is 0. The molecule has 0 aromatic carbocycles. The van der Waals surface area contributed by atoms with Crippen molar-refractivity contribution in [1.29, 1.82) is 0 Å². The Kier molecular flexibility index (Phi) is 4.51. The summed E-state index contributed by atoms with van der Waals surface area (Å²) in [6, 6.07) is 0.689. The molecule has 5 rings (SSSR count). The lowest BCUT2D eigenvalue weighted by molar-refractivity contribution is -0.0157. The minimum Gasteiger partial charge on any atom is -0.370 e. The predicted molar refractivity (Wildman–Crippen MR) is 89.9 cm³/mol. The standard InChI is InChI=1S/C17H28N2.C2H6/c1-12(18-16-4-2-3-5-16)19-17-9-13-6-14(10-17)8-15(7-13)11-17;1-2/h13-16,18-19H,1-11H2;1-2H3. The molecule has 0 aromatic rings. The molecule has 5 aliphatic rings. The second-order valence-electron chi connectivity index (χ2n) is 7.93. The van der Waals surface area contributed by atoms with Crippen LogP contribution < -0.4 is 10.6 Å². The third kappa shape index (κ3) is 3.24. The van der Waals surface area contributed by atoms with E-state index >= 15 is 0 Å². The second-order valence-corrected chi connectivity index (χ2v) is 7.93. The monoisotopic (exact) mass is 290 g/mol. The zero-order valence-electron chi connectivity index (χ0n) is 14.1. The van der Waals surface area contributed by atoms with Gasteiger partial charge in [-0.3, -0.25) is 0 Å². The fourth-order valence-electron chi connectivity index (χ4n) is 5.94. The summed E-state index contributed by atoms with van der Waals surface area (Å²) in [5, 5.41) is 7.49. The third-order valence-electron chi connectivity index (χ3n) is 6.19. The van der Waals surface area contributed by atoms with Crippen LogP contribution in [0.5, 0.6) is 0 Å². The molecule has 5 fully saturated rings. The summed E-state index contributed by atoms with van der Waals surface area (Å²) in [6.07, 6.45) is 14.2. The summed E-state index contributed by atoms with van der Waals surface area (Å²) in [6.45, 7) is 8.27. The molecule has 0 saturated heterocycles. The fraction of sp³-hybridized carbons (Fsp3) is 0.895. The molecule has 0 aliphatic heterocycles. The first-order valence-corrected chi connectivity index (χ1v) is 9.44. The van der Waals surface area contributed by atoms with Crippen molar-refractivity contribution >= 4 is 0 Å². The van der Waals surface area contributed by atoms with E-state index in [9.17, 15) is 0 Å². The van der Waals surface area contributed by atoms with Crippen LogP contribution in [0, 0.1) is 17.8 Å². The number of hydrogen-bond acceptors (Lipinski definition) is 2. The average Bonchev–Trinajstić information content (AvgIpc) is 2.91.